The SMILES string of the molecule is Cc1c2ccncc2c(C)c2c1[nH]c1ccc(OC(=O)CCCC(=O)O)cc12.Cl. The van der Waals surface area contributed by atoms with Gasteiger partial charge in [0.2, 0.25) is 0 Å². The molecule has 2 aromatic carbocycles. The number of ether oxygens (including phenoxy) is 1. The molecule has 2 aromatic heterocycles. The van der Waals surface area contributed by atoms with Gasteiger partial charge in [0.15, 0.2) is 0 Å². The molecule has 0 aliphatic rings. The summed E-state index contributed by atoms with van der Waals surface area (Å²) in [4.78, 5) is 30.3. The molecule has 29 heavy (non-hydrogen) atoms. The Bertz CT molecular complexity index is 1250. The molecule has 0 amide bonds. The number of pyridine rings is 1. The Kier molecular flexibility index (Phi) is 5.75. The summed E-state index contributed by atoms with van der Waals surface area (Å²) in [6, 6.07) is 7.53. The van der Waals surface area contributed by atoms with Crippen molar-refractivity contribution in [3.8, 4) is 5.75 Å². The lowest BCUT2D eigenvalue weighted by atomic mass is 9.97. The van der Waals surface area contributed by atoms with Crippen LogP contribution in [0.5, 0.6) is 5.75 Å². The van der Waals surface area contributed by atoms with Gasteiger partial charge in [0.25, 0.3) is 0 Å². The van der Waals surface area contributed by atoms with Gasteiger partial charge in [-0.3, -0.25) is 14.6 Å². The van der Waals surface area contributed by atoms with Crippen molar-refractivity contribution < 1.29 is 19.4 Å². The number of hydrogen-bond acceptors (Lipinski definition) is 4. The van der Waals surface area contributed by atoms with Gasteiger partial charge < -0.3 is 14.8 Å². The maximum atomic E-state index is 12.0. The van der Waals surface area contributed by atoms with E-state index >= 15 is 0 Å². The van der Waals surface area contributed by atoms with Gasteiger partial charge in [0.05, 0.1) is 5.52 Å². The third-order valence-corrected chi connectivity index (χ3v) is 5.15. The van der Waals surface area contributed by atoms with Crippen LogP contribution in [0.1, 0.15) is 30.4 Å². The van der Waals surface area contributed by atoms with Crippen molar-refractivity contribution in [3.05, 3.63) is 47.8 Å². The van der Waals surface area contributed by atoms with Crippen LogP contribution in [-0.2, 0) is 9.59 Å². The highest BCUT2D eigenvalue weighted by Gasteiger charge is 2.15. The zero-order valence-electron chi connectivity index (χ0n) is 16.1. The number of esters is 1. The Morgan fingerprint density at radius 1 is 1.07 bits per heavy atom. The fraction of sp³-hybridized carbons (Fsp3) is 0.227. The molecule has 0 aliphatic heterocycles. The number of fused-ring (bicyclic) bond motifs is 4. The lowest BCUT2D eigenvalue weighted by molar-refractivity contribution is -0.137. The van der Waals surface area contributed by atoms with E-state index in [1.54, 1.807) is 12.3 Å². The molecular weight excluding hydrogens is 392 g/mol. The van der Waals surface area contributed by atoms with Crippen LogP contribution >= 0.6 is 12.4 Å². The van der Waals surface area contributed by atoms with Gasteiger partial charge in [0.1, 0.15) is 5.75 Å². The first-order valence-corrected chi connectivity index (χ1v) is 9.16. The van der Waals surface area contributed by atoms with Crippen LogP contribution in [0, 0.1) is 13.8 Å². The summed E-state index contributed by atoms with van der Waals surface area (Å²) < 4.78 is 5.42. The van der Waals surface area contributed by atoms with Gasteiger partial charge in [-0.05, 0) is 61.0 Å². The summed E-state index contributed by atoms with van der Waals surface area (Å²) in [6.07, 6.45) is 3.97. The highest BCUT2D eigenvalue weighted by Crippen LogP contribution is 2.37. The quantitative estimate of drug-likeness (QED) is 0.352. The van der Waals surface area contributed by atoms with E-state index in [9.17, 15) is 9.59 Å². The first-order valence-electron chi connectivity index (χ1n) is 9.16. The number of nitrogens with one attached hydrogen (secondary N) is 1. The summed E-state index contributed by atoms with van der Waals surface area (Å²) in [6.45, 7) is 4.16. The number of halogens is 1. The number of carbonyl (C=O) groups is 2. The van der Waals surface area contributed by atoms with Crippen LogP contribution < -0.4 is 4.74 Å². The molecule has 150 valence electrons. The molecule has 0 fully saturated rings. The second-order valence-corrected chi connectivity index (χ2v) is 6.98. The zero-order valence-corrected chi connectivity index (χ0v) is 16.9. The van der Waals surface area contributed by atoms with Crippen LogP contribution in [0.15, 0.2) is 36.7 Å². The van der Waals surface area contributed by atoms with Gasteiger partial charge in [-0.25, -0.2) is 0 Å². The molecule has 0 bridgehead atoms. The van der Waals surface area contributed by atoms with Crippen molar-refractivity contribution in [1.82, 2.24) is 9.97 Å². The predicted octanol–water partition coefficient (Wildman–Crippen LogP) is 5.07. The van der Waals surface area contributed by atoms with Gasteiger partial charge in [-0.2, -0.15) is 0 Å². The van der Waals surface area contributed by atoms with Crippen molar-refractivity contribution in [2.45, 2.75) is 33.1 Å². The smallest absolute Gasteiger partial charge is 0.311 e. The van der Waals surface area contributed by atoms with Crippen LogP contribution in [0.25, 0.3) is 32.6 Å². The number of benzene rings is 2. The minimum Gasteiger partial charge on any atom is -0.481 e. The molecule has 0 saturated carbocycles. The van der Waals surface area contributed by atoms with Crippen molar-refractivity contribution >= 4 is 56.9 Å². The normalized spacial score (nSPS) is 11.0. The summed E-state index contributed by atoms with van der Waals surface area (Å²) in [5.74, 6) is -0.888. The monoisotopic (exact) mass is 412 g/mol. The highest BCUT2D eigenvalue weighted by atomic mass is 35.5. The van der Waals surface area contributed by atoms with Crippen molar-refractivity contribution in [3.63, 3.8) is 0 Å². The molecule has 4 rings (SSSR count). The summed E-state index contributed by atoms with van der Waals surface area (Å²) in [7, 11) is 0. The Morgan fingerprint density at radius 3 is 2.62 bits per heavy atom. The number of H-pyrrole nitrogens is 1. The third kappa shape index (κ3) is 3.76. The van der Waals surface area contributed by atoms with Gasteiger partial charge >= 0.3 is 11.9 Å². The number of rotatable bonds is 5. The summed E-state index contributed by atoms with van der Waals surface area (Å²) >= 11 is 0. The number of carboxylic acids is 1. The standard InChI is InChI=1S/C22H20N2O4.ClH/c1-12-17-11-23-9-8-15(17)13(2)22-21(12)16-10-14(6-7-18(16)24-22)28-20(27)5-3-4-19(25)26;/h6-11,24H,3-5H2,1-2H3,(H,25,26);1H. The van der Waals surface area contributed by atoms with Crippen molar-refractivity contribution in [1.29, 1.82) is 0 Å². The van der Waals surface area contributed by atoms with E-state index in [0.717, 1.165) is 43.7 Å². The number of carboxylic acid groups (broad SMARTS) is 1. The zero-order chi connectivity index (χ0) is 19.8. The number of carbonyl (C=O) groups excluding carboxylic acids is 1. The molecule has 0 spiro atoms. The fourth-order valence-corrected chi connectivity index (χ4v) is 3.76. The number of aromatic nitrogens is 2. The molecule has 0 unspecified atom stereocenters. The molecule has 2 heterocycles. The van der Waals surface area contributed by atoms with Crippen LogP contribution in [0.4, 0.5) is 0 Å². The van der Waals surface area contributed by atoms with Crippen molar-refractivity contribution in [2.75, 3.05) is 0 Å². The molecule has 6 nitrogen and oxygen atoms in total. The molecule has 4 aromatic rings. The van der Waals surface area contributed by atoms with E-state index in [1.807, 2.05) is 24.4 Å². The van der Waals surface area contributed by atoms with E-state index in [1.165, 1.54) is 0 Å². The fourth-order valence-electron chi connectivity index (χ4n) is 3.76. The maximum absolute atomic E-state index is 12.0. The number of aromatic amines is 1. The Labute approximate surface area is 173 Å². The Balaban J connectivity index is 0.00000240. The largest absolute Gasteiger partial charge is 0.481 e. The second-order valence-electron chi connectivity index (χ2n) is 6.98. The topological polar surface area (TPSA) is 92.3 Å². The Morgan fingerprint density at radius 2 is 1.86 bits per heavy atom. The number of aryl methyl sites for hydroxylation is 2. The van der Waals surface area contributed by atoms with E-state index < -0.39 is 11.9 Å². The molecule has 0 saturated heterocycles. The van der Waals surface area contributed by atoms with Crippen LogP contribution in [0.2, 0.25) is 0 Å². The highest BCUT2D eigenvalue weighted by molar-refractivity contribution is 6.16. The molecule has 2 N–H and O–H groups in total. The van der Waals surface area contributed by atoms with Gasteiger partial charge in [-0.1, -0.05) is 0 Å². The number of nitrogens with zero attached hydrogens (tertiary/aromatic N) is 1. The second kappa shape index (κ2) is 8.09. The average molecular weight is 413 g/mol. The molecular formula is C22H21ClN2O4. The summed E-state index contributed by atoms with van der Waals surface area (Å²) in [5, 5.41) is 13.0. The van der Waals surface area contributed by atoms with Crippen LogP contribution in [-0.4, -0.2) is 27.0 Å². The molecule has 0 atom stereocenters. The lowest BCUT2D eigenvalue weighted by Crippen LogP contribution is -2.08. The van der Waals surface area contributed by atoms with E-state index in [2.05, 4.69) is 23.8 Å². The average Bonchev–Trinajstić information content (AvgIpc) is 3.05. The van der Waals surface area contributed by atoms with Gasteiger partial charge in [-0.15, -0.1) is 12.4 Å². The van der Waals surface area contributed by atoms with E-state index in [-0.39, 0.29) is 31.7 Å². The molecule has 0 aliphatic carbocycles. The van der Waals surface area contributed by atoms with Gasteiger partial charge in [0, 0.05) is 46.9 Å². The third-order valence-electron chi connectivity index (χ3n) is 5.15. The lowest BCUT2D eigenvalue weighted by Gasteiger charge is -2.08. The minimum atomic E-state index is -0.916. The number of hydrogen-bond donors (Lipinski definition) is 2. The van der Waals surface area contributed by atoms with E-state index in [4.69, 9.17) is 9.84 Å². The minimum absolute atomic E-state index is 0. The maximum Gasteiger partial charge on any atom is 0.311 e. The Hall–Kier alpha value is -3.12. The molecule has 7 heteroatoms. The first-order chi connectivity index (χ1) is 13.5. The first kappa shape index (κ1) is 20.6. The summed E-state index contributed by atoms with van der Waals surface area (Å²) in [5.41, 5.74) is 4.31. The van der Waals surface area contributed by atoms with Crippen LogP contribution in [0.3, 0.4) is 0 Å². The van der Waals surface area contributed by atoms with Crippen molar-refractivity contribution in [2.24, 2.45) is 0 Å². The van der Waals surface area contributed by atoms with E-state index in [0.29, 0.717) is 5.75 Å². The molecule has 0 radical (unpaired) electrons. The predicted molar refractivity (Wildman–Crippen MR) is 115 cm³/mol. The number of aliphatic carboxylic acids is 1.